The van der Waals surface area contributed by atoms with E-state index in [1.54, 1.807) is 45.0 Å². The number of hydrogen-bond donors (Lipinski definition) is 1. The van der Waals surface area contributed by atoms with Gasteiger partial charge < -0.3 is 9.84 Å². The van der Waals surface area contributed by atoms with Crippen LogP contribution in [-0.2, 0) is 10.1 Å². The molecular weight excluding hydrogens is 396 g/mol. The highest BCUT2D eigenvalue weighted by molar-refractivity contribution is 9.08. The van der Waals surface area contributed by atoms with E-state index in [0.717, 1.165) is 11.3 Å². The van der Waals surface area contributed by atoms with Gasteiger partial charge in [-0.15, -0.1) is 0 Å². The number of nitrogens with zero attached hydrogens (tertiary/aromatic N) is 2. The number of aromatic carboxylic acids is 1. The lowest BCUT2D eigenvalue weighted by Gasteiger charge is -2.25. The molecule has 0 atom stereocenters. The van der Waals surface area contributed by atoms with E-state index in [2.05, 4.69) is 20.9 Å². The highest BCUT2D eigenvalue weighted by Crippen LogP contribution is 2.34. The minimum absolute atomic E-state index is 0.0892. The molecule has 0 saturated carbocycles. The smallest absolute Gasteiger partial charge is 0.421 e. The predicted molar refractivity (Wildman–Crippen MR) is 96.5 cm³/mol. The van der Waals surface area contributed by atoms with Gasteiger partial charge in [-0.1, -0.05) is 45.5 Å². The maximum absolute atomic E-state index is 12.6. The second kappa shape index (κ2) is 7.31. The second-order valence-electron chi connectivity index (χ2n) is 5.86. The lowest BCUT2D eigenvalue weighted by Crippen LogP contribution is -2.33. The number of carboxylic acid groups (broad SMARTS) is 1. The van der Waals surface area contributed by atoms with E-state index in [9.17, 15) is 14.7 Å². The van der Waals surface area contributed by atoms with Crippen LogP contribution in [0.25, 0.3) is 0 Å². The number of anilines is 2. The molecule has 0 saturated heterocycles. The Bertz CT molecular complexity index is 740. The number of ether oxygens (including phenoxy) is 1. The van der Waals surface area contributed by atoms with Gasteiger partial charge in [0.05, 0.1) is 11.4 Å². The topological polar surface area (TPSA) is 79.7 Å². The summed E-state index contributed by atoms with van der Waals surface area (Å²) in [5, 5.41) is 9.83. The van der Waals surface area contributed by atoms with E-state index in [4.69, 9.17) is 4.74 Å². The Morgan fingerprint density at radius 2 is 1.92 bits per heavy atom. The van der Waals surface area contributed by atoms with Crippen LogP contribution < -0.4 is 4.90 Å². The molecule has 0 aliphatic heterocycles. The van der Waals surface area contributed by atoms with Crippen LogP contribution in [0.1, 0.15) is 36.1 Å². The first-order chi connectivity index (χ1) is 11.2. The van der Waals surface area contributed by atoms with E-state index in [1.165, 1.54) is 4.90 Å². The molecule has 1 heterocycles. The molecule has 1 amide bonds. The maximum Gasteiger partial charge on any atom is 0.421 e. The number of rotatable bonds is 4. The highest BCUT2D eigenvalue weighted by Gasteiger charge is 2.29. The predicted octanol–water partition coefficient (Wildman–Crippen LogP) is 4.81. The number of carbonyl (C=O) groups is 2. The second-order valence-corrected chi connectivity index (χ2v) is 7.40. The summed E-state index contributed by atoms with van der Waals surface area (Å²) in [6.45, 7) is 5.30. The van der Waals surface area contributed by atoms with Crippen molar-refractivity contribution >= 4 is 50.1 Å². The van der Waals surface area contributed by atoms with Crippen LogP contribution in [0, 0.1) is 0 Å². The van der Waals surface area contributed by atoms with Crippen LogP contribution in [-0.4, -0.2) is 27.8 Å². The van der Waals surface area contributed by atoms with Crippen LogP contribution >= 0.6 is 27.3 Å². The molecule has 0 aliphatic rings. The van der Waals surface area contributed by atoms with E-state index in [0.29, 0.717) is 11.4 Å². The summed E-state index contributed by atoms with van der Waals surface area (Å²) in [7, 11) is 0. The molecule has 0 unspecified atom stereocenters. The molecule has 1 aromatic heterocycles. The fraction of sp³-hybridized carbons (Fsp3) is 0.312. The van der Waals surface area contributed by atoms with Crippen LogP contribution in [0.3, 0.4) is 0 Å². The Hall–Kier alpha value is -1.93. The van der Waals surface area contributed by atoms with Gasteiger partial charge in [-0.25, -0.2) is 19.5 Å². The normalized spacial score (nSPS) is 11.2. The number of para-hydroxylation sites is 1. The molecule has 0 radical (unpaired) electrons. The molecule has 24 heavy (non-hydrogen) atoms. The standard InChI is InChI=1S/C16H17BrN2O4S/c1-16(2,3)23-15(22)19(10-7-5-4-6-8-10)14-18-11(9-17)12(24-14)13(20)21/h4-8H,9H2,1-3H3,(H,20,21). The van der Waals surface area contributed by atoms with Gasteiger partial charge in [0.25, 0.3) is 0 Å². The summed E-state index contributed by atoms with van der Waals surface area (Å²) < 4.78 is 5.45. The summed E-state index contributed by atoms with van der Waals surface area (Å²) in [6.07, 6.45) is -0.611. The van der Waals surface area contributed by atoms with Crippen molar-refractivity contribution in [3.8, 4) is 0 Å². The minimum atomic E-state index is -1.08. The van der Waals surface area contributed by atoms with E-state index >= 15 is 0 Å². The zero-order valence-electron chi connectivity index (χ0n) is 13.4. The molecule has 0 fully saturated rings. The van der Waals surface area contributed by atoms with E-state index in [-0.39, 0.29) is 15.3 Å². The van der Waals surface area contributed by atoms with Gasteiger partial charge in [-0.05, 0) is 32.9 Å². The van der Waals surface area contributed by atoms with Crippen molar-refractivity contribution < 1.29 is 19.4 Å². The van der Waals surface area contributed by atoms with Crippen molar-refractivity contribution in [1.82, 2.24) is 4.98 Å². The van der Waals surface area contributed by atoms with Crippen molar-refractivity contribution in [2.24, 2.45) is 0 Å². The third kappa shape index (κ3) is 4.33. The summed E-state index contributed by atoms with van der Waals surface area (Å²) in [6, 6.07) is 8.86. The maximum atomic E-state index is 12.6. The molecule has 8 heteroatoms. The first-order valence-corrected chi connectivity index (χ1v) is 9.04. The van der Waals surface area contributed by atoms with Crippen LogP contribution in [0.5, 0.6) is 0 Å². The quantitative estimate of drug-likeness (QED) is 0.728. The Kier molecular flexibility index (Phi) is 5.61. The van der Waals surface area contributed by atoms with Crippen molar-refractivity contribution in [2.75, 3.05) is 4.90 Å². The van der Waals surface area contributed by atoms with Gasteiger partial charge >= 0.3 is 12.1 Å². The average molecular weight is 413 g/mol. The molecule has 0 spiro atoms. The monoisotopic (exact) mass is 412 g/mol. The molecule has 0 aliphatic carbocycles. The number of alkyl halides is 1. The van der Waals surface area contributed by atoms with Crippen molar-refractivity contribution in [3.63, 3.8) is 0 Å². The Morgan fingerprint density at radius 1 is 1.29 bits per heavy atom. The minimum Gasteiger partial charge on any atom is -0.477 e. The Labute approximate surface area is 152 Å². The third-order valence-corrected chi connectivity index (χ3v) is 4.39. The fourth-order valence-electron chi connectivity index (χ4n) is 1.87. The third-order valence-electron chi connectivity index (χ3n) is 2.79. The van der Waals surface area contributed by atoms with Gasteiger partial charge in [0, 0.05) is 5.33 Å². The summed E-state index contributed by atoms with van der Waals surface area (Å²) in [5.74, 6) is -1.08. The highest BCUT2D eigenvalue weighted by atomic mass is 79.9. The van der Waals surface area contributed by atoms with Gasteiger partial charge in [-0.2, -0.15) is 0 Å². The van der Waals surface area contributed by atoms with E-state index in [1.807, 2.05) is 6.07 Å². The van der Waals surface area contributed by atoms with Crippen LogP contribution in [0.4, 0.5) is 15.6 Å². The number of benzene rings is 1. The van der Waals surface area contributed by atoms with Gasteiger partial charge in [0.2, 0.25) is 5.13 Å². The van der Waals surface area contributed by atoms with Crippen LogP contribution in [0.15, 0.2) is 30.3 Å². The van der Waals surface area contributed by atoms with E-state index < -0.39 is 17.7 Å². The molecule has 2 aromatic rings. The number of carboxylic acids is 1. The van der Waals surface area contributed by atoms with Gasteiger partial charge in [-0.3, -0.25) is 0 Å². The molecule has 128 valence electrons. The van der Waals surface area contributed by atoms with Crippen LogP contribution in [0.2, 0.25) is 0 Å². The molecule has 1 N–H and O–H groups in total. The fourth-order valence-corrected chi connectivity index (χ4v) is 3.40. The summed E-state index contributed by atoms with van der Waals surface area (Å²) in [5.41, 5.74) is 0.237. The SMILES string of the molecule is CC(C)(C)OC(=O)N(c1ccccc1)c1nc(CBr)c(C(=O)O)s1. The number of hydrogen-bond acceptors (Lipinski definition) is 5. The summed E-state index contributed by atoms with van der Waals surface area (Å²) >= 11 is 4.16. The lowest BCUT2D eigenvalue weighted by molar-refractivity contribution is 0.0598. The molecule has 2 rings (SSSR count). The largest absolute Gasteiger partial charge is 0.477 e. The first kappa shape index (κ1) is 18.4. The number of thiazole rings is 1. The van der Waals surface area contributed by atoms with Crippen molar-refractivity contribution in [1.29, 1.82) is 0 Å². The Balaban J connectivity index is 2.51. The Morgan fingerprint density at radius 3 is 2.38 bits per heavy atom. The zero-order valence-corrected chi connectivity index (χ0v) is 15.8. The lowest BCUT2D eigenvalue weighted by atomic mass is 10.2. The molecule has 0 bridgehead atoms. The molecule has 1 aromatic carbocycles. The van der Waals surface area contributed by atoms with Gasteiger partial charge in [0.15, 0.2) is 0 Å². The number of amides is 1. The van der Waals surface area contributed by atoms with Gasteiger partial charge in [0.1, 0.15) is 10.5 Å². The summed E-state index contributed by atoms with van der Waals surface area (Å²) in [4.78, 5) is 29.7. The number of aromatic nitrogens is 1. The molecular formula is C16H17BrN2O4S. The number of carbonyl (C=O) groups excluding carboxylic acids is 1. The van der Waals surface area contributed by atoms with Crippen molar-refractivity contribution in [2.45, 2.75) is 31.7 Å². The average Bonchev–Trinajstić information content (AvgIpc) is 2.91. The number of halogens is 1. The molecule has 6 nitrogen and oxygen atoms in total. The first-order valence-electron chi connectivity index (χ1n) is 7.10. The zero-order chi connectivity index (χ0) is 17.9. The van der Waals surface area contributed by atoms with Crippen molar-refractivity contribution in [3.05, 3.63) is 40.9 Å².